The van der Waals surface area contributed by atoms with E-state index >= 15 is 0 Å². The van der Waals surface area contributed by atoms with Crippen LogP contribution >= 0.6 is 0 Å². The minimum Gasteiger partial charge on any atom is -0.496 e. The molecule has 0 radical (unpaired) electrons. The van der Waals surface area contributed by atoms with Crippen molar-refractivity contribution in [1.82, 2.24) is 9.03 Å². The Kier molecular flexibility index (Phi) is 9.54. The molecule has 11 heteroatoms. The number of anilines is 2. The Morgan fingerprint density at radius 1 is 1.17 bits per heavy atom. The third-order valence-electron chi connectivity index (χ3n) is 6.24. The average molecular weight is 525 g/mol. The predicted molar refractivity (Wildman–Crippen MR) is 142 cm³/mol. The van der Waals surface area contributed by atoms with Crippen LogP contribution in [0.5, 0.6) is 5.75 Å². The molecule has 2 aromatic rings. The summed E-state index contributed by atoms with van der Waals surface area (Å²) in [7, 11) is 1.77. The molecule has 3 rings (SSSR count). The van der Waals surface area contributed by atoms with Gasteiger partial charge >= 0.3 is 0 Å². The fourth-order valence-corrected chi connectivity index (χ4v) is 6.39. The fraction of sp³-hybridized carbons (Fsp3) is 0.500. The van der Waals surface area contributed by atoms with E-state index < -0.39 is 21.5 Å². The summed E-state index contributed by atoms with van der Waals surface area (Å²) in [6.45, 7) is 3.07. The zero-order chi connectivity index (χ0) is 25.6. The van der Waals surface area contributed by atoms with E-state index in [0.29, 0.717) is 18.8 Å². The molecule has 0 bridgehead atoms. The summed E-state index contributed by atoms with van der Waals surface area (Å²) < 4.78 is 59.0. The first kappa shape index (κ1) is 27.4. The number of ether oxygens (including phenoxy) is 1. The molecule has 194 valence electrons. The second-order valence-electron chi connectivity index (χ2n) is 9.10. The van der Waals surface area contributed by atoms with Crippen LogP contribution in [0, 0.1) is 5.92 Å². The highest BCUT2D eigenvalue weighted by Crippen LogP contribution is 2.33. The Bertz CT molecular complexity index is 1100. The lowest BCUT2D eigenvalue weighted by atomic mass is 9.91. The number of rotatable bonds is 11. The van der Waals surface area contributed by atoms with E-state index in [-0.39, 0.29) is 24.9 Å². The molecular formula is C24H36N4O5S2. The van der Waals surface area contributed by atoms with Gasteiger partial charge in [0.05, 0.1) is 12.8 Å². The summed E-state index contributed by atoms with van der Waals surface area (Å²) in [5.41, 5.74) is 2.60. The molecule has 1 unspecified atom stereocenters. The van der Waals surface area contributed by atoms with E-state index in [4.69, 9.17) is 4.74 Å². The number of hydrogen-bond acceptors (Lipinski definition) is 5. The second-order valence-corrected chi connectivity index (χ2v) is 11.8. The maximum atomic E-state index is 13.1. The molecule has 0 saturated carbocycles. The van der Waals surface area contributed by atoms with Gasteiger partial charge in [-0.05, 0) is 54.7 Å². The van der Waals surface area contributed by atoms with Crippen LogP contribution < -0.4 is 18.7 Å². The summed E-state index contributed by atoms with van der Waals surface area (Å²) in [6, 6.07) is 15.0. The summed E-state index contributed by atoms with van der Waals surface area (Å²) in [6.07, 6.45) is 1.66. The topological polar surface area (TPSA) is 102 Å². The molecule has 1 aliphatic rings. The van der Waals surface area contributed by atoms with Crippen molar-refractivity contribution in [3.8, 4) is 5.75 Å². The number of piperidine rings is 1. The molecule has 2 N–H and O–H groups in total. The summed E-state index contributed by atoms with van der Waals surface area (Å²) in [5, 5.41) is 0. The van der Waals surface area contributed by atoms with Crippen molar-refractivity contribution < 1.29 is 21.9 Å². The summed E-state index contributed by atoms with van der Waals surface area (Å²) >= 11 is -2.23. The van der Waals surface area contributed by atoms with Crippen LogP contribution in [0.3, 0.4) is 0 Å². The molecule has 35 heavy (non-hydrogen) atoms. The molecule has 1 saturated heterocycles. The van der Waals surface area contributed by atoms with Crippen LogP contribution in [-0.2, 0) is 21.5 Å². The van der Waals surface area contributed by atoms with E-state index in [9.17, 15) is 17.2 Å². The number of benzene rings is 2. The van der Waals surface area contributed by atoms with Crippen LogP contribution in [0.2, 0.25) is 0 Å². The summed E-state index contributed by atoms with van der Waals surface area (Å²) in [4.78, 5) is 1.94. The van der Waals surface area contributed by atoms with Crippen LogP contribution in [0.25, 0.3) is 0 Å². The molecule has 9 nitrogen and oxygen atoms in total. The maximum Gasteiger partial charge on any atom is 0.279 e. The highest BCUT2D eigenvalue weighted by atomic mass is 32.2. The van der Waals surface area contributed by atoms with Crippen LogP contribution in [-0.4, -0.2) is 68.9 Å². The van der Waals surface area contributed by atoms with Gasteiger partial charge in [0.25, 0.3) is 21.5 Å². The van der Waals surface area contributed by atoms with Gasteiger partial charge in [-0.3, -0.25) is 8.86 Å². The van der Waals surface area contributed by atoms with Gasteiger partial charge in [0.2, 0.25) is 0 Å². The van der Waals surface area contributed by atoms with Crippen molar-refractivity contribution >= 4 is 32.9 Å². The third-order valence-corrected chi connectivity index (χ3v) is 8.52. The molecule has 0 aromatic heterocycles. The minimum absolute atomic E-state index is 0.0614. The van der Waals surface area contributed by atoms with Gasteiger partial charge in [0.15, 0.2) is 0 Å². The van der Waals surface area contributed by atoms with Crippen molar-refractivity contribution in [2.24, 2.45) is 5.92 Å². The van der Waals surface area contributed by atoms with Crippen molar-refractivity contribution in [3.63, 3.8) is 0 Å². The number of nitrogens with zero attached hydrogens (tertiary/aromatic N) is 3. The Morgan fingerprint density at radius 3 is 2.46 bits per heavy atom. The van der Waals surface area contributed by atoms with Crippen molar-refractivity contribution in [2.75, 3.05) is 56.6 Å². The average Bonchev–Trinajstić information content (AvgIpc) is 2.86. The standard InChI is InChI=1S/C24H36N4O5S2/c1-19(17-28(34(29)30)22-13-11-21(12-14-22)26(2)3)16-25-35(31,32)27-15-7-8-20(18-27)23-9-5-6-10-24(23)33-4/h5-6,9-14,19-20,25H,7-8,15-18H2,1-4H3,(H,29,30)/t19-,20+/m0/s1. The van der Waals surface area contributed by atoms with E-state index in [2.05, 4.69) is 4.72 Å². The van der Waals surface area contributed by atoms with Gasteiger partial charge in [-0.2, -0.15) is 12.7 Å². The number of nitrogens with one attached hydrogen (secondary N) is 1. The molecule has 2 aromatic carbocycles. The molecule has 1 heterocycles. The molecule has 0 amide bonds. The lowest BCUT2D eigenvalue weighted by molar-refractivity contribution is 0.304. The monoisotopic (exact) mass is 524 g/mol. The van der Waals surface area contributed by atoms with Crippen molar-refractivity contribution in [1.29, 1.82) is 0 Å². The Morgan fingerprint density at radius 2 is 1.83 bits per heavy atom. The SMILES string of the molecule is COc1ccccc1[C@@H]1CCCN(S(=O)(=O)NC[C@H](C)CN(c2ccc(N(C)C)cc2)S(=O)O)C1. The van der Waals surface area contributed by atoms with E-state index in [0.717, 1.165) is 29.8 Å². The van der Waals surface area contributed by atoms with E-state index in [1.165, 1.54) is 8.61 Å². The fourth-order valence-electron chi connectivity index (χ4n) is 4.28. The summed E-state index contributed by atoms with van der Waals surface area (Å²) in [5.74, 6) is 0.629. The Labute approximate surface area is 211 Å². The van der Waals surface area contributed by atoms with Gasteiger partial charge in [0, 0.05) is 51.9 Å². The van der Waals surface area contributed by atoms with Crippen molar-refractivity contribution in [3.05, 3.63) is 54.1 Å². The Balaban J connectivity index is 1.61. The van der Waals surface area contributed by atoms with Gasteiger partial charge in [-0.1, -0.05) is 25.1 Å². The zero-order valence-electron chi connectivity index (χ0n) is 20.8. The van der Waals surface area contributed by atoms with Gasteiger partial charge in [0.1, 0.15) is 5.75 Å². The lowest BCUT2D eigenvalue weighted by Gasteiger charge is -2.33. The van der Waals surface area contributed by atoms with Crippen molar-refractivity contribution in [2.45, 2.75) is 25.7 Å². The quantitative estimate of drug-likeness (QED) is 0.438. The lowest BCUT2D eigenvalue weighted by Crippen LogP contribution is -2.47. The first-order valence-corrected chi connectivity index (χ1v) is 14.2. The van der Waals surface area contributed by atoms with Crippen LogP contribution in [0.4, 0.5) is 11.4 Å². The second kappa shape index (κ2) is 12.2. The zero-order valence-corrected chi connectivity index (χ0v) is 22.4. The number of methoxy groups -OCH3 is 1. The highest BCUT2D eigenvalue weighted by Gasteiger charge is 2.31. The third kappa shape index (κ3) is 7.17. The molecular weight excluding hydrogens is 488 g/mol. The van der Waals surface area contributed by atoms with Crippen LogP contribution in [0.15, 0.2) is 48.5 Å². The van der Waals surface area contributed by atoms with Gasteiger partial charge in [-0.15, -0.1) is 0 Å². The Hall–Kier alpha value is -2.18. The molecule has 0 spiro atoms. The van der Waals surface area contributed by atoms with Gasteiger partial charge < -0.3 is 9.64 Å². The predicted octanol–water partition coefficient (Wildman–Crippen LogP) is 3.05. The van der Waals surface area contributed by atoms with E-state index in [1.54, 1.807) is 19.2 Å². The minimum atomic E-state index is -3.69. The first-order valence-electron chi connectivity index (χ1n) is 11.7. The first-order chi connectivity index (χ1) is 16.6. The van der Waals surface area contributed by atoms with Crippen LogP contribution in [0.1, 0.15) is 31.2 Å². The molecule has 0 aliphatic carbocycles. The maximum absolute atomic E-state index is 13.1. The molecule has 1 fully saturated rings. The smallest absolute Gasteiger partial charge is 0.279 e. The van der Waals surface area contributed by atoms with Gasteiger partial charge in [-0.25, -0.2) is 8.93 Å². The largest absolute Gasteiger partial charge is 0.496 e. The molecule has 3 atom stereocenters. The molecule has 1 aliphatic heterocycles. The highest BCUT2D eigenvalue weighted by molar-refractivity contribution is 7.87. The number of para-hydroxylation sites is 1. The van der Waals surface area contributed by atoms with E-state index in [1.807, 2.05) is 62.3 Å². The number of hydrogen-bond donors (Lipinski definition) is 2. The normalized spacial score (nSPS) is 18.6.